The summed E-state index contributed by atoms with van der Waals surface area (Å²) in [5.74, 6) is 0. The molecule has 0 aliphatic rings. The molecule has 2 rings (SSSR count). The number of nitrogens with one attached hydrogen (secondary N) is 1. The lowest BCUT2D eigenvalue weighted by Crippen LogP contribution is -2.17. The van der Waals surface area contributed by atoms with Gasteiger partial charge < -0.3 is 5.73 Å². The summed E-state index contributed by atoms with van der Waals surface area (Å²) >= 11 is 5.83. The summed E-state index contributed by atoms with van der Waals surface area (Å²) in [6, 6.07) is 1.45. The first-order valence-corrected chi connectivity index (χ1v) is 4.56. The maximum Gasteiger partial charge on any atom is 0.272 e. The highest BCUT2D eigenvalue weighted by Gasteiger charge is 2.06. The van der Waals surface area contributed by atoms with Crippen LogP contribution >= 0.6 is 11.6 Å². The second-order valence-corrected chi connectivity index (χ2v) is 3.31. The van der Waals surface area contributed by atoms with E-state index in [2.05, 4.69) is 10.1 Å². The number of aromatic nitrogens is 3. The fourth-order valence-electron chi connectivity index (χ4n) is 1.28. The summed E-state index contributed by atoms with van der Waals surface area (Å²) in [4.78, 5) is 15.7. The number of hydrogen-bond acceptors (Lipinski definition) is 3. The first-order chi connectivity index (χ1) is 6.72. The largest absolute Gasteiger partial charge is 0.330 e. The van der Waals surface area contributed by atoms with Crippen molar-refractivity contribution in [2.75, 3.05) is 6.54 Å². The molecule has 0 saturated heterocycles. The van der Waals surface area contributed by atoms with Gasteiger partial charge in [-0.25, -0.2) is 9.50 Å². The van der Waals surface area contributed by atoms with Crippen molar-refractivity contribution >= 4 is 17.2 Å². The maximum atomic E-state index is 11.5. The van der Waals surface area contributed by atoms with Crippen LogP contribution in [0.2, 0.25) is 5.02 Å². The van der Waals surface area contributed by atoms with Crippen molar-refractivity contribution in [3.05, 3.63) is 33.3 Å². The molecule has 2 heterocycles. The van der Waals surface area contributed by atoms with E-state index in [1.54, 1.807) is 0 Å². The first kappa shape index (κ1) is 9.23. The third-order valence-corrected chi connectivity index (χ3v) is 2.18. The molecule has 0 atom stereocenters. The Bertz CT molecular complexity index is 516. The highest BCUT2D eigenvalue weighted by molar-refractivity contribution is 6.33. The van der Waals surface area contributed by atoms with E-state index < -0.39 is 0 Å². The van der Waals surface area contributed by atoms with Gasteiger partial charge in [-0.3, -0.25) is 9.89 Å². The zero-order valence-electron chi connectivity index (χ0n) is 7.33. The normalized spacial score (nSPS) is 11.0. The van der Waals surface area contributed by atoms with Gasteiger partial charge in [0.25, 0.3) is 5.56 Å². The first-order valence-electron chi connectivity index (χ1n) is 4.18. The molecule has 0 spiro atoms. The zero-order valence-corrected chi connectivity index (χ0v) is 8.08. The Morgan fingerprint density at radius 3 is 3.14 bits per heavy atom. The summed E-state index contributed by atoms with van der Waals surface area (Å²) in [7, 11) is 0. The molecule has 2 aromatic rings. The molecule has 0 bridgehead atoms. The minimum absolute atomic E-state index is 0.176. The van der Waals surface area contributed by atoms with Crippen molar-refractivity contribution in [1.29, 1.82) is 0 Å². The number of rotatable bonds is 2. The van der Waals surface area contributed by atoms with Crippen LogP contribution < -0.4 is 11.3 Å². The van der Waals surface area contributed by atoms with Crippen LogP contribution in [0.3, 0.4) is 0 Å². The van der Waals surface area contributed by atoms with E-state index in [0.29, 0.717) is 29.3 Å². The monoisotopic (exact) mass is 212 g/mol. The molecule has 6 heteroatoms. The molecule has 5 nitrogen and oxygen atoms in total. The van der Waals surface area contributed by atoms with Crippen LogP contribution in [0, 0.1) is 0 Å². The Morgan fingerprint density at radius 2 is 2.43 bits per heavy atom. The number of aromatic amines is 1. The van der Waals surface area contributed by atoms with Crippen molar-refractivity contribution in [2.24, 2.45) is 5.73 Å². The predicted molar refractivity (Wildman–Crippen MR) is 53.6 cm³/mol. The summed E-state index contributed by atoms with van der Waals surface area (Å²) < 4.78 is 1.29. The van der Waals surface area contributed by atoms with E-state index in [4.69, 9.17) is 17.3 Å². The number of nitrogens with two attached hydrogens (primary N) is 1. The second kappa shape index (κ2) is 3.43. The van der Waals surface area contributed by atoms with E-state index in [9.17, 15) is 4.79 Å². The van der Waals surface area contributed by atoms with E-state index >= 15 is 0 Å². The molecule has 74 valence electrons. The molecule has 0 aliphatic carbocycles. The van der Waals surface area contributed by atoms with Crippen molar-refractivity contribution in [3.63, 3.8) is 0 Å². The number of halogens is 1. The molecule has 0 unspecified atom stereocenters. The molecule has 0 aliphatic heterocycles. The quantitative estimate of drug-likeness (QED) is 0.746. The van der Waals surface area contributed by atoms with Crippen LogP contribution in [0.5, 0.6) is 0 Å². The van der Waals surface area contributed by atoms with E-state index in [1.807, 2.05) is 0 Å². The predicted octanol–water partition coefficient (Wildman–Crippen LogP) is 0.177. The third-order valence-electron chi connectivity index (χ3n) is 1.91. The van der Waals surface area contributed by atoms with Gasteiger partial charge in [-0.05, 0) is 6.54 Å². The molecular weight excluding hydrogens is 204 g/mol. The van der Waals surface area contributed by atoms with Gasteiger partial charge in [-0.15, -0.1) is 0 Å². The number of hydrogen-bond donors (Lipinski definition) is 2. The second-order valence-electron chi connectivity index (χ2n) is 2.90. The Kier molecular flexibility index (Phi) is 2.26. The Morgan fingerprint density at radius 1 is 1.64 bits per heavy atom. The van der Waals surface area contributed by atoms with E-state index in [0.717, 1.165) is 0 Å². The van der Waals surface area contributed by atoms with Gasteiger partial charge in [-0.2, -0.15) is 0 Å². The molecule has 0 saturated carbocycles. The number of fused-ring (bicyclic) bond motifs is 1. The lowest BCUT2D eigenvalue weighted by molar-refractivity contribution is 0.856. The van der Waals surface area contributed by atoms with Crippen LogP contribution in [0.4, 0.5) is 0 Å². The van der Waals surface area contributed by atoms with Gasteiger partial charge >= 0.3 is 0 Å². The molecule has 2 aromatic heterocycles. The lowest BCUT2D eigenvalue weighted by Gasteiger charge is -1.98. The fraction of sp³-hybridized carbons (Fsp3) is 0.250. The third kappa shape index (κ3) is 1.40. The van der Waals surface area contributed by atoms with Gasteiger partial charge in [0.15, 0.2) is 5.65 Å². The molecule has 0 amide bonds. The van der Waals surface area contributed by atoms with E-state index in [-0.39, 0.29) is 5.56 Å². The van der Waals surface area contributed by atoms with Crippen LogP contribution in [0.15, 0.2) is 17.1 Å². The Hall–Kier alpha value is -1.33. The van der Waals surface area contributed by atoms with Gasteiger partial charge in [-0.1, -0.05) is 11.6 Å². The minimum atomic E-state index is -0.176. The molecular formula is C8H9ClN4O. The number of nitrogens with zero attached hydrogens (tertiary/aromatic N) is 2. The lowest BCUT2D eigenvalue weighted by atomic mass is 10.3. The Balaban J connectivity index is 2.69. The average molecular weight is 213 g/mol. The van der Waals surface area contributed by atoms with Crippen molar-refractivity contribution in [1.82, 2.24) is 14.6 Å². The Labute approximate surface area is 84.5 Å². The van der Waals surface area contributed by atoms with Crippen molar-refractivity contribution in [3.8, 4) is 0 Å². The standard InChI is InChI=1S/C8H9ClN4O/c9-6-4-11-13-7(14)3-5(1-2-10)12-8(6)13/h3-4,11H,1-2,10H2. The van der Waals surface area contributed by atoms with Gasteiger partial charge in [0.1, 0.15) is 5.02 Å². The highest BCUT2D eigenvalue weighted by Crippen LogP contribution is 2.12. The highest BCUT2D eigenvalue weighted by atomic mass is 35.5. The smallest absolute Gasteiger partial charge is 0.272 e. The summed E-state index contributed by atoms with van der Waals surface area (Å²) in [6.45, 7) is 0.463. The number of H-pyrrole nitrogens is 1. The summed E-state index contributed by atoms with van der Waals surface area (Å²) in [5, 5.41) is 3.14. The zero-order chi connectivity index (χ0) is 10.1. The van der Waals surface area contributed by atoms with Gasteiger partial charge in [0, 0.05) is 24.4 Å². The van der Waals surface area contributed by atoms with Crippen LogP contribution in [0.25, 0.3) is 5.65 Å². The van der Waals surface area contributed by atoms with E-state index in [1.165, 1.54) is 16.8 Å². The summed E-state index contributed by atoms with van der Waals surface area (Å²) in [5.41, 5.74) is 6.32. The molecule has 0 aromatic carbocycles. The molecule has 0 fully saturated rings. The maximum absolute atomic E-state index is 11.5. The van der Waals surface area contributed by atoms with Crippen molar-refractivity contribution in [2.45, 2.75) is 6.42 Å². The van der Waals surface area contributed by atoms with Gasteiger partial charge in [0.2, 0.25) is 0 Å². The summed E-state index contributed by atoms with van der Waals surface area (Å²) in [6.07, 6.45) is 2.10. The average Bonchev–Trinajstić information content (AvgIpc) is 2.49. The molecule has 0 radical (unpaired) electrons. The topological polar surface area (TPSA) is 76.2 Å². The van der Waals surface area contributed by atoms with Crippen LogP contribution in [0.1, 0.15) is 5.69 Å². The minimum Gasteiger partial charge on any atom is -0.330 e. The fourth-order valence-corrected chi connectivity index (χ4v) is 1.45. The SMILES string of the molecule is NCCc1cc(=O)n2[nH]cc(Cl)c2n1. The van der Waals surface area contributed by atoms with Gasteiger partial charge in [0.05, 0.1) is 0 Å². The van der Waals surface area contributed by atoms with Crippen LogP contribution in [-0.4, -0.2) is 21.1 Å². The molecule has 14 heavy (non-hydrogen) atoms. The molecule has 3 N–H and O–H groups in total. The van der Waals surface area contributed by atoms with Crippen molar-refractivity contribution < 1.29 is 0 Å². The van der Waals surface area contributed by atoms with Crippen LogP contribution in [-0.2, 0) is 6.42 Å².